The molecule has 0 bridgehead atoms. The number of carbonyl (C=O) groups is 1. The molecule has 0 saturated carbocycles. The number of amides is 1. The van der Waals surface area contributed by atoms with Gasteiger partial charge in [-0.2, -0.15) is 0 Å². The van der Waals surface area contributed by atoms with Crippen molar-refractivity contribution in [2.45, 2.75) is 24.9 Å². The minimum Gasteiger partial charge on any atom is -0.399 e. The van der Waals surface area contributed by atoms with E-state index in [0.29, 0.717) is 31.6 Å². The van der Waals surface area contributed by atoms with Gasteiger partial charge in [-0.1, -0.05) is 24.3 Å². The lowest BCUT2D eigenvalue weighted by Gasteiger charge is -2.28. The average Bonchev–Trinajstić information content (AvgIpc) is 3.05. The lowest BCUT2D eigenvalue weighted by molar-refractivity contribution is 0.0661. The van der Waals surface area contributed by atoms with Crippen LogP contribution in [0.4, 0.5) is 10.1 Å². The molecule has 1 saturated heterocycles. The van der Waals surface area contributed by atoms with Crippen LogP contribution in [0, 0.1) is 0 Å². The average molecular weight is 337 g/mol. The third kappa shape index (κ3) is 3.02. The Hall–Kier alpha value is -2.69. The monoisotopic (exact) mass is 337 g/mol. The van der Waals surface area contributed by atoms with Crippen molar-refractivity contribution in [2.75, 3.05) is 18.8 Å². The van der Waals surface area contributed by atoms with Crippen LogP contribution in [-0.4, -0.2) is 35.1 Å². The van der Waals surface area contributed by atoms with E-state index in [0.717, 1.165) is 22.4 Å². The van der Waals surface area contributed by atoms with Crippen LogP contribution in [0.3, 0.4) is 0 Å². The molecule has 1 amide bonds. The van der Waals surface area contributed by atoms with Crippen molar-refractivity contribution >= 4 is 17.7 Å². The maximum atomic E-state index is 13.3. The molecule has 1 aromatic carbocycles. The summed E-state index contributed by atoms with van der Waals surface area (Å²) >= 11 is 0. The summed E-state index contributed by atoms with van der Waals surface area (Å²) in [4.78, 5) is 18.7. The van der Waals surface area contributed by atoms with E-state index in [1.807, 2.05) is 36.4 Å². The third-order valence-corrected chi connectivity index (χ3v) is 5.00. The minimum absolute atomic E-state index is 0.112. The van der Waals surface area contributed by atoms with Gasteiger partial charge in [0.2, 0.25) is 0 Å². The number of rotatable bonds is 2. The predicted octanol–water partition coefficient (Wildman–Crippen LogP) is 3.40. The van der Waals surface area contributed by atoms with Crippen LogP contribution in [0.2, 0.25) is 0 Å². The summed E-state index contributed by atoms with van der Waals surface area (Å²) in [6, 6.07) is 9.65. The molecular formula is C20H20FN3O. The number of nitrogens with zero attached hydrogens (tertiary/aromatic N) is 2. The van der Waals surface area contributed by atoms with Gasteiger partial charge in [-0.25, -0.2) is 4.39 Å². The van der Waals surface area contributed by atoms with E-state index >= 15 is 0 Å². The van der Waals surface area contributed by atoms with Crippen LogP contribution in [0.5, 0.6) is 0 Å². The van der Waals surface area contributed by atoms with Gasteiger partial charge >= 0.3 is 0 Å². The number of likely N-dealkylation sites (tertiary alicyclic amines) is 1. The van der Waals surface area contributed by atoms with Gasteiger partial charge in [-0.05, 0) is 47.7 Å². The van der Waals surface area contributed by atoms with Crippen molar-refractivity contribution in [1.29, 1.82) is 0 Å². The largest absolute Gasteiger partial charge is 0.399 e. The molecule has 2 aliphatic rings. The number of alkyl halides is 1. The number of halogens is 1. The highest BCUT2D eigenvalue weighted by atomic mass is 19.1. The molecule has 2 N–H and O–H groups in total. The van der Waals surface area contributed by atoms with Gasteiger partial charge in [-0.3, -0.25) is 9.78 Å². The fourth-order valence-electron chi connectivity index (χ4n) is 3.51. The van der Waals surface area contributed by atoms with Gasteiger partial charge in [0.25, 0.3) is 5.91 Å². The number of hydrogen-bond acceptors (Lipinski definition) is 3. The number of nitrogens with two attached hydrogens (primary N) is 1. The zero-order valence-electron chi connectivity index (χ0n) is 13.9. The lowest BCUT2D eigenvalue weighted by Crippen LogP contribution is -2.39. The van der Waals surface area contributed by atoms with Gasteiger partial charge in [-0.15, -0.1) is 0 Å². The van der Waals surface area contributed by atoms with Crippen molar-refractivity contribution < 1.29 is 9.18 Å². The summed E-state index contributed by atoms with van der Waals surface area (Å²) in [5.41, 5.74) is 10.2. The fourth-order valence-corrected chi connectivity index (χ4v) is 3.51. The molecular weight excluding hydrogens is 317 g/mol. The molecule has 4 nitrogen and oxygen atoms in total. The number of allylic oxidation sites excluding steroid dienone is 1. The van der Waals surface area contributed by atoms with Gasteiger partial charge in [0.15, 0.2) is 0 Å². The fraction of sp³-hybridized carbons (Fsp3) is 0.300. The Kier molecular flexibility index (Phi) is 3.99. The van der Waals surface area contributed by atoms with E-state index in [9.17, 15) is 9.18 Å². The quantitative estimate of drug-likeness (QED) is 0.855. The van der Waals surface area contributed by atoms with E-state index in [-0.39, 0.29) is 11.8 Å². The molecule has 1 unspecified atom stereocenters. The second kappa shape index (κ2) is 6.31. The number of fused-ring (bicyclic) bond motifs is 1. The summed E-state index contributed by atoms with van der Waals surface area (Å²) in [5, 5.41) is 0. The molecule has 5 heteroatoms. The molecule has 1 aromatic heterocycles. The zero-order chi connectivity index (χ0) is 17.4. The van der Waals surface area contributed by atoms with E-state index in [1.54, 1.807) is 11.1 Å². The van der Waals surface area contributed by atoms with Gasteiger partial charge < -0.3 is 10.6 Å². The van der Waals surface area contributed by atoms with Crippen LogP contribution in [0.15, 0.2) is 42.6 Å². The molecule has 0 radical (unpaired) electrons. The molecule has 1 aliphatic heterocycles. The Morgan fingerprint density at radius 3 is 2.64 bits per heavy atom. The van der Waals surface area contributed by atoms with Crippen molar-refractivity contribution in [2.24, 2.45) is 0 Å². The van der Waals surface area contributed by atoms with E-state index in [1.165, 1.54) is 0 Å². The number of hydrogen-bond donors (Lipinski definition) is 1. The zero-order valence-corrected chi connectivity index (χ0v) is 13.9. The van der Waals surface area contributed by atoms with Crippen LogP contribution >= 0.6 is 0 Å². The van der Waals surface area contributed by atoms with Crippen LogP contribution in [0.25, 0.3) is 6.08 Å². The van der Waals surface area contributed by atoms with Crippen molar-refractivity contribution in [3.8, 4) is 0 Å². The molecule has 25 heavy (non-hydrogen) atoms. The van der Waals surface area contributed by atoms with Crippen molar-refractivity contribution in [3.63, 3.8) is 0 Å². The minimum atomic E-state index is -0.791. The Morgan fingerprint density at radius 2 is 1.92 bits per heavy atom. The predicted molar refractivity (Wildman–Crippen MR) is 96.0 cm³/mol. The topological polar surface area (TPSA) is 59.2 Å². The maximum Gasteiger partial charge on any atom is 0.272 e. The summed E-state index contributed by atoms with van der Waals surface area (Å²) in [6.07, 6.45) is 5.96. The molecule has 2 aromatic rings. The van der Waals surface area contributed by atoms with E-state index in [4.69, 9.17) is 5.73 Å². The normalized spacial score (nSPS) is 19.9. The summed E-state index contributed by atoms with van der Waals surface area (Å²) in [6.45, 7) is 0.922. The number of aromatic nitrogens is 1. The van der Waals surface area contributed by atoms with Gasteiger partial charge in [0.1, 0.15) is 11.9 Å². The number of piperidine rings is 1. The molecule has 1 atom stereocenters. The SMILES string of the molecule is Nc1ccc(C2C=Cc3cc(C(=O)N4CCC(F)CC4)ncc32)cc1. The second-order valence-corrected chi connectivity index (χ2v) is 6.67. The number of benzene rings is 1. The molecule has 1 fully saturated rings. The first-order valence-corrected chi connectivity index (χ1v) is 8.59. The standard InChI is InChI=1S/C20H20FN3O/c21-15-7-9-24(10-8-15)20(25)19-11-14-3-6-17(18(14)12-23-19)13-1-4-16(22)5-2-13/h1-6,11-12,15,17H,7-10,22H2. The van der Waals surface area contributed by atoms with Crippen molar-refractivity contribution in [3.05, 3.63) is 65.0 Å². The van der Waals surface area contributed by atoms with Crippen LogP contribution in [0.1, 0.15) is 45.9 Å². The van der Waals surface area contributed by atoms with E-state index < -0.39 is 6.17 Å². The van der Waals surface area contributed by atoms with Crippen LogP contribution in [-0.2, 0) is 0 Å². The summed E-state index contributed by atoms with van der Waals surface area (Å²) in [5.74, 6) is 0.0218. The first-order valence-electron chi connectivity index (χ1n) is 8.59. The van der Waals surface area contributed by atoms with E-state index in [2.05, 4.69) is 11.1 Å². The Morgan fingerprint density at radius 1 is 1.20 bits per heavy atom. The molecule has 2 heterocycles. The first kappa shape index (κ1) is 15.8. The number of anilines is 1. The summed E-state index contributed by atoms with van der Waals surface area (Å²) in [7, 11) is 0. The van der Waals surface area contributed by atoms with Gasteiger partial charge in [0, 0.05) is 30.9 Å². The van der Waals surface area contributed by atoms with Gasteiger partial charge in [0.05, 0.1) is 0 Å². The highest BCUT2D eigenvalue weighted by Gasteiger charge is 2.26. The number of nitrogen functional groups attached to an aromatic ring is 1. The number of pyridine rings is 1. The summed E-state index contributed by atoms with van der Waals surface area (Å²) < 4.78 is 13.3. The Balaban J connectivity index is 1.56. The van der Waals surface area contributed by atoms with Crippen LogP contribution < -0.4 is 5.73 Å². The highest BCUT2D eigenvalue weighted by molar-refractivity contribution is 5.93. The molecule has 0 spiro atoms. The number of carbonyl (C=O) groups excluding carboxylic acids is 1. The molecule has 1 aliphatic carbocycles. The molecule has 4 rings (SSSR count). The Labute approximate surface area is 146 Å². The highest BCUT2D eigenvalue weighted by Crippen LogP contribution is 2.35. The molecule has 128 valence electrons. The second-order valence-electron chi connectivity index (χ2n) is 6.67. The lowest BCUT2D eigenvalue weighted by atomic mass is 9.94. The smallest absolute Gasteiger partial charge is 0.272 e. The van der Waals surface area contributed by atoms with Crippen molar-refractivity contribution in [1.82, 2.24) is 9.88 Å². The third-order valence-electron chi connectivity index (χ3n) is 5.00. The maximum absolute atomic E-state index is 13.3. The first-order chi connectivity index (χ1) is 12.1. The Bertz CT molecular complexity index is 823.